The lowest BCUT2D eigenvalue weighted by atomic mass is 10.1. The van der Waals surface area contributed by atoms with Gasteiger partial charge in [-0.3, -0.25) is 4.79 Å². The maximum Gasteiger partial charge on any atom is 0.341 e. The highest BCUT2D eigenvalue weighted by atomic mass is 32.1. The van der Waals surface area contributed by atoms with Gasteiger partial charge in [-0.15, -0.1) is 12.6 Å². The number of carboxylic acids is 2. The molecule has 0 heterocycles. The van der Waals surface area contributed by atoms with Crippen LogP contribution in [0.1, 0.15) is 58.3 Å². The fourth-order valence-corrected chi connectivity index (χ4v) is 1.23. The molecule has 0 amide bonds. The highest BCUT2D eigenvalue weighted by molar-refractivity contribution is 7.85. The summed E-state index contributed by atoms with van der Waals surface area (Å²) in [5.74, 6) is -1.73. The Morgan fingerprint density at radius 1 is 1.00 bits per heavy atom. The topological polar surface area (TPSA) is 74.6 Å². The van der Waals surface area contributed by atoms with Gasteiger partial charge in [-0.1, -0.05) is 52.0 Å². The van der Waals surface area contributed by atoms with Crippen molar-refractivity contribution >= 4 is 24.6 Å². The Morgan fingerprint density at radius 3 is 1.72 bits per heavy atom. The predicted octanol–water partition coefficient (Wildman–Crippen LogP) is 3.73. The third-order valence-corrected chi connectivity index (χ3v) is 2.43. The largest absolute Gasteiger partial charge is 0.481 e. The van der Waals surface area contributed by atoms with Crippen molar-refractivity contribution in [3.8, 4) is 0 Å². The minimum Gasteiger partial charge on any atom is -0.481 e. The zero-order chi connectivity index (χ0) is 14.4. The molecule has 0 aromatic carbocycles. The lowest BCUT2D eigenvalue weighted by Crippen LogP contribution is -1.93. The van der Waals surface area contributed by atoms with Crippen molar-refractivity contribution in [3.05, 3.63) is 11.5 Å². The van der Waals surface area contributed by atoms with Gasteiger partial charge >= 0.3 is 11.9 Å². The average Bonchev–Trinajstić information content (AvgIpc) is 2.28. The van der Waals surface area contributed by atoms with Gasteiger partial charge in [0, 0.05) is 6.42 Å². The van der Waals surface area contributed by atoms with E-state index >= 15 is 0 Å². The molecule has 5 heteroatoms. The van der Waals surface area contributed by atoms with Crippen LogP contribution in [0.3, 0.4) is 0 Å². The van der Waals surface area contributed by atoms with Gasteiger partial charge in [0.05, 0.1) is 4.91 Å². The molecular weight excluding hydrogens is 252 g/mol. The van der Waals surface area contributed by atoms with Crippen molar-refractivity contribution < 1.29 is 19.8 Å². The van der Waals surface area contributed by atoms with Gasteiger partial charge in [0.2, 0.25) is 0 Å². The Morgan fingerprint density at radius 2 is 1.39 bits per heavy atom. The smallest absolute Gasteiger partial charge is 0.341 e. The second-order valence-corrected chi connectivity index (χ2v) is 4.56. The normalized spacial score (nSPS) is 9.22. The molecule has 0 aliphatic rings. The summed E-state index contributed by atoms with van der Waals surface area (Å²) in [4.78, 5) is 19.5. The Hall–Kier alpha value is -0.970. The van der Waals surface area contributed by atoms with Crippen molar-refractivity contribution in [1.29, 1.82) is 0 Å². The third kappa shape index (κ3) is 20.4. The van der Waals surface area contributed by atoms with E-state index in [2.05, 4.69) is 26.1 Å². The summed E-state index contributed by atoms with van der Waals surface area (Å²) >= 11 is 3.40. The molecule has 0 aromatic rings. The molecule has 0 bridgehead atoms. The number of rotatable bonds is 9. The van der Waals surface area contributed by atoms with E-state index in [-0.39, 0.29) is 4.91 Å². The highest BCUT2D eigenvalue weighted by Crippen LogP contribution is 2.07. The molecule has 106 valence electrons. The van der Waals surface area contributed by atoms with E-state index in [9.17, 15) is 9.59 Å². The standard InChI is InChI=1S/C10H20O2.C3H4O2S/c1-2-3-4-5-6-7-8-9-10(11)12;1-2(6)3(4)5/h2-9H2,1H3,(H,11,12);6H,1H2,(H,4,5). The number of carbonyl (C=O) groups is 2. The lowest BCUT2D eigenvalue weighted by molar-refractivity contribution is -0.137. The van der Waals surface area contributed by atoms with Gasteiger partial charge in [0.25, 0.3) is 0 Å². The minimum atomic E-state index is -1.07. The monoisotopic (exact) mass is 276 g/mol. The van der Waals surface area contributed by atoms with Crippen LogP contribution in [0.2, 0.25) is 0 Å². The summed E-state index contributed by atoms with van der Waals surface area (Å²) in [5.41, 5.74) is 0. The molecule has 0 rings (SSSR count). The number of hydrogen-bond acceptors (Lipinski definition) is 3. The van der Waals surface area contributed by atoms with E-state index in [0.717, 1.165) is 12.8 Å². The Bertz CT molecular complexity index is 239. The zero-order valence-corrected chi connectivity index (χ0v) is 11.9. The SMILES string of the molecule is C=C(S)C(=O)O.CCCCCCCCCC(=O)O. The fourth-order valence-electron chi connectivity index (χ4n) is 1.23. The van der Waals surface area contributed by atoms with Gasteiger partial charge in [-0.05, 0) is 6.42 Å². The Labute approximate surface area is 115 Å². The van der Waals surface area contributed by atoms with E-state index in [1.807, 2.05) is 0 Å². The molecular formula is C13H24O4S. The Balaban J connectivity index is 0. The van der Waals surface area contributed by atoms with Gasteiger partial charge in [0.1, 0.15) is 0 Å². The number of carboxylic acid groups (broad SMARTS) is 2. The number of unbranched alkanes of at least 4 members (excludes halogenated alkanes) is 6. The molecule has 0 radical (unpaired) electrons. The summed E-state index contributed by atoms with van der Waals surface area (Å²) in [7, 11) is 0. The van der Waals surface area contributed by atoms with Crippen LogP contribution in [-0.4, -0.2) is 22.2 Å². The summed E-state index contributed by atoms with van der Waals surface area (Å²) in [6, 6.07) is 0. The summed E-state index contributed by atoms with van der Waals surface area (Å²) < 4.78 is 0. The van der Waals surface area contributed by atoms with Gasteiger partial charge in [0.15, 0.2) is 0 Å². The van der Waals surface area contributed by atoms with Crippen LogP contribution >= 0.6 is 12.6 Å². The fraction of sp³-hybridized carbons (Fsp3) is 0.692. The number of aliphatic carboxylic acids is 2. The zero-order valence-electron chi connectivity index (χ0n) is 11.0. The van der Waals surface area contributed by atoms with E-state index in [1.54, 1.807) is 0 Å². The highest BCUT2D eigenvalue weighted by Gasteiger charge is 1.95. The molecule has 0 spiro atoms. The molecule has 0 aliphatic heterocycles. The van der Waals surface area contributed by atoms with Crippen molar-refractivity contribution in [2.24, 2.45) is 0 Å². The molecule has 18 heavy (non-hydrogen) atoms. The molecule has 0 atom stereocenters. The quantitative estimate of drug-likeness (QED) is 0.341. The first-order valence-electron chi connectivity index (χ1n) is 6.24. The Kier molecular flexibility index (Phi) is 15.2. The summed E-state index contributed by atoms with van der Waals surface area (Å²) in [5, 5.41) is 16.2. The van der Waals surface area contributed by atoms with Crippen LogP contribution in [0.25, 0.3) is 0 Å². The first-order valence-corrected chi connectivity index (χ1v) is 6.69. The van der Waals surface area contributed by atoms with E-state index in [4.69, 9.17) is 10.2 Å². The van der Waals surface area contributed by atoms with Crippen molar-refractivity contribution in [1.82, 2.24) is 0 Å². The first kappa shape index (κ1) is 19.4. The minimum absolute atomic E-state index is 0.130. The van der Waals surface area contributed by atoms with Gasteiger partial charge in [-0.25, -0.2) is 4.79 Å². The van der Waals surface area contributed by atoms with Crippen molar-refractivity contribution in [2.45, 2.75) is 58.3 Å². The summed E-state index contributed by atoms with van der Waals surface area (Å²) in [6.45, 7) is 5.22. The third-order valence-electron chi connectivity index (χ3n) is 2.24. The maximum absolute atomic E-state index is 10.1. The molecule has 2 N–H and O–H groups in total. The lowest BCUT2D eigenvalue weighted by Gasteiger charge is -1.98. The summed E-state index contributed by atoms with van der Waals surface area (Å²) in [6.07, 6.45) is 8.64. The van der Waals surface area contributed by atoms with Crippen molar-refractivity contribution in [2.75, 3.05) is 0 Å². The van der Waals surface area contributed by atoms with Gasteiger partial charge in [-0.2, -0.15) is 0 Å². The first-order chi connectivity index (χ1) is 8.41. The van der Waals surface area contributed by atoms with Crippen LogP contribution in [0.5, 0.6) is 0 Å². The number of hydrogen-bond donors (Lipinski definition) is 3. The van der Waals surface area contributed by atoms with Crippen LogP contribution in [-0.2, 0) is 9.59 Å². The molecule has 0 saturated carbocycles. The van der Waals surface area contributed by atoms with Crippen LogP contribution in [0, 0.1) is 0 Å². The van der Waals surface area contributed by atoms with E-state index < -0.39 is 11.9 Å². The van der Waals surface area contributed by atoms with Crippen LogP contribution in [0.4, 0.5) is 0 Å². The molecule has 0 aromatic heterocycles. The molecule has 0 fully saturated rings. The molecule has 0 saturated heterocycles. The maximum atomic E-state index is 10.1. The van der Waals surface area contributed by atoms with E-state index in [0.29, 0.717) is 6.42 Å². The van der Waals surface area contributed by atoms with Crippen molar-refractivity contribution in [3.63, 3.8) is 0 Å². The average molecular weight is 276 g/mol. The van der Waals surface area contributed by atoms with Crippen LogP contribution in [0.15, 0.2) is 11.5 Å². The van der Waals surface area contributed by atoms with E-state index in [1.165, 1.54) is 32.1 Å². The number of thiol groups is 1. The predicted molar refractivity (Wildman–Crippen MR) is 76.0 cm³/mol. The molecule has 4 nitrogen and oxygen atoms in total. The molecule has 0 unspecified atom stereocenters. The molecule has 0 aliphatic carbocycles. The van der Waals surface area contributed by atoms with Crippen LogP contribution < -0.4 is 0 Å². The van der Waals surface area contributed by atoms with Gasteiger partial charge < -0.3 is 10.2 Å². The second kappa shape index (κ2) is 14.1. The second-order valence-electron chi connectivity index (χ2n) is 4.02.